The molecule has 1 aromatic rings. The normalized spacial score (nSPS) is 19.8. The molecule has 6 nitrogen and oxygen atoms in total. The van der Waals surface area contributed by atoms with Gasteiger partial charge in [0.25, 0.3) is 0 Å². The highest BCUT2D eigenvalue weighted by atomic mass is 32.2. The van der Waals surface area contributed by atoms with Gasteiger partial charge in [-0.3, -0.25) is 4.79 Å². The molecule has 2 rings (SSSR count). The minimum atomic E-state index is -3.76. The van der Waals surface area contributed by atoms with Crippen LogP contribution in [0.3, 0.4) is 0 Å². The first-order valence-electron chi connectivity index (χ1n) is 6.79. The Hall–Kier alpha value is -1.44. The van der Waals surface area contributed by atoms with E-state index in [4.69, 9.17) is 5.73 Å². The van der Waals surface area contributed by atoms with Gasteiger partial charge in [-0.05, 0) is 25.5 Å². The molecule has 0 bridgehead atoms. The summed E-state index contributed by atoms with van der Waals surface area (Å²) in [6.07, 6.45) is 0. The van der Waals surface area contributed by atoms with Gasteiger partial charge in [-0.15, -0.1) is 0 Å². The maximum atomic E-state index is 12.9. The molecule has 0 unspecified atom stereocenters. The smallest absolute Gasteiger partial charge is 0.244 e. The van der Waals surface area contributed by atoms with Crippen molar-refractivity contribution in [1.29, 1.82) is 0 Å². The summed E-state index contributed by atoms with van der Waals surface area (Å²) >= 11 is 0. The maximum absolute atomic E-state index is 12.9. The van der Waals surface area contributed by atoms with Gasteiger partial charge in [-0.25, -0.2) is 8.42 Å². The molecular formula is C14H21N3O3S. The topological polar surface area (TPSA) is 83.7 Å². The molecule has 1 fully saturated rings. The van der Waals surface area contributed by atoms with Crippen molar-refractivity contribution >= 4 is 15.9 Å². The Kier molecular flexibility index (Phi) is 4.10. The highest BCUT2D eigenvalue weighted by molar-refractivity contribution is 7.89. The second-order valence-corrected chi connectivity index (χ2v) is 7.51. The number of carbonyl (C=O) groups is 1. The van der Waals surface area contributed by atoms with E-state index in [1.165, 1.54) is 10.4 Å². The zero-order valence-corrected chi connectivity index (χ0v) is 13.4. The molecule has 1 aliphatic rings. The number of nitrogens with zero attached hydrogens (tertiary/aromatic N) is 2. The average Bonchev–Trinajstić information content (AvgIpc) is 2.44. The van der Waals surface area contributed by atoms with E-state index in [0.717, 1.165) is 0 Å². The Balaban J connectivity index is 2.51. The Bertz CT molecular complexity index is 655. The van der Waals surface area contributed by atoms with Crippen LogP contribution in [0.2, 0.25) is 0 Å². The summed E-state index contributed by atoms with van der Waals surface area (Å²) in [6.45, 7) is 4.06. The van der Waals surface area contributed by atoms with Crippen molar-refractivity contribution in [3.05, 3.63) is 29.8 Å². The molecule has 1 saturated heterocycles. The molecule has 0 saturated carbocycles. The number of rotatable bonds is 3. The Morgan fingerprint density at radius 3 is 2.48 bits per heavy atom. The molecule has 7 heteroatoms. The minimum absolute atomic E-state index is 0.136. The molecule has 1 aromatic carbocycles. The van der Waals surface area contributed by atoms with Crippen LogP contribution in [0.4, 0.5) is 0 Å². The van der Waals surface area contributed by atoms with E-state index >= 15 is 0 Å². The van der Waals surface area contributed by atoms with Crippen LogP contribution in [0.1, 0.15) is 19.4 Å². The summed E-state index contributed by atoms with van der Waals surface area (Å²) in [6, 6.07) is 6.65. The van der Waals surface area contributed by atoms with Gasteiger partial charge in [0.2, 0.25) is 15.9 Å². The molecule has 0 aromatic heterocycles. The fourth-order valence-electron chi connectivity index (χ4n) is 2.66. The van der Waals surface area contributed by atoms with E-state index in [1.807, 2.05) is 0 Å². The van der Waals surface area contributed by atoms with Crippen LogP contribution in [0.25, 0.3) is 0 Å². The van der Waals surface area contributed by atoms with E-state index in [0.29, 0.717) is 12.1 Å². The summed E-state index contributed by atoms with van der Waals surface area (Å²) < 4.78 is 27.1. The minimum Gasteiger partial charge on any atom is -0.343 e. The summed E-state index contributed by atoms with van der Waals surface area (Å²) in [4.78, 5) is 14.0. The van der Waals surface area contributed by atoms with E-state index in [9.17, 15) is 13.2 Å². The van der Waals surface area contributed by atoms with Crippen molar-refractivity contribution in [3.8, 4) is 0 Å². The van der Waals surface area contributed by atoms with E-state index in [1.54, 1.807) is 44.0 Å². The third-order valence-electron chi connectivity index (χ3n) is 3.89. The fraction of sp³-hybridized carbons (Fsp3) is 0.500. The van der Waals surface area contributed by atoms with Crippen LogP contribution in [0.5, 0.6) is 0 Å². The van der Waals surface area contributed by atoms with Crippen molar-refractivity contribution in [1.82, 2.24) is 9.21 Å². The summed E-state index contributed by atoms with van der Waals surface area (Å²) in [7, 11) is -2.08. The fourth-order valence-corrected chi connectivity index (χ4v) is 4.63. The van der Waals surface area contributed by atoms with Crippen LogP contribution >= 0.6 is 0 Å². The lowest BCUT2D eigenvalue weighted by atomic mass is 10.0. The predicted molar refractivity (Wildman–Crippen MR) is 79.9 cm³/mol. The second-order valence-electron chi connectivity index (χ2n) is 5.67. The van der Waals surface area contributed by atoms with Crippen molar-refractivity contribution in [3.63, 3.8) is 0 Å². The van der Waals surface area contributed by atoms with Gasteiger partial charge >= 0.3 is 0 Å². The van der Waals surface area contributed by atoms with Gasteiger partial charge in [0.1, 0.15) is 5.54 Å². The van der Waals surface area contributed by atoms with Gasteiger partial charge in [-0.1, -0.05) is 18.2 Å². The monoisotopic (exact) mass is 311 g/mol. The van der Waals surface area contributed by atoms with Gasteiger partial charge in [-0.2, -0.15) is 4.31 Å². The van der Waals surface area contributed by atoms with Crippen molar-refractivity contribution in [2.45, 2.75) is 30.8 Å². The number of amides is 1. The lowest BCUT2D eigenvalue weighted by molar-refractivity contribution is -0.142. The van der Waals surface area contributed by atoms with Gasteiger partial charge in [0, 0.05) is 26.7 Å². The SMILES string of the molecule is CN1CCN(S(=O)(=O)c2ccccc2CN)C(C)(C)C1=O. The molecule has 116 valence electrons. The van der Waals surface area contributed by atoms with Crippen molar-refractivity contribution < 1.29 is 13.2 Å². The van der Waals surface area contributed by atoms with Crippen molar-refractivity contribution in [2.75, 3.05) is 20.1 Å². The molecule has 1 aliphatic heterocycles. The van der Waals surface area contributed by atoms with Crippen LogP contribution in [-0.2, 0) is 21.4 Å². The molecule has 0 spiro atoms. The summed E-state index contributed by atoms with van der Waals surface area (Å²) in [5.41, 5.74) is 5.09. The van der Waals surface area contributed by atoms with Crippen LogP contribution in [0.15, 0.2) is 29.2 Å². The number of sulfonamides is 1. The zero-order valence-electron chi connectivity index (χ0n) is 12.5. The van der Waals surface area contributed by atoms with Gasteiger partial charge in [0.15, 0.2) is 0 Å². The maximum Gasteiger partial charge on any atom is 0.244 e. The molecule has 21 heavy (non-hydrogen) atoms. The van der Waals surface area contributed by atoms with E-state index in [-0.39, 0.29) is 23.9 Å². The first-order chi connectivity index (χ1) is 9.72. The highest BCUT2D eigenvalue weighted by Gasteiger charge is 2.47. The number of benzene rings is 1. The van der Waals surface area contributed by atoms with E-state index in [2.05, 4.69) is 0 Å². The standard InChI is InChI=1S/C14H21N3O3S/c1-14(2)13(18)16(3)8-9-17(14)21(19,20)12-7-5-4-6-11(12)10-15/h4-7H,8-10,15H2,1-3H3. The number of piperazine rings is 1. The molecule has 1 heterocycles. The first kappa shape index (κ1) is 15.9. The van der Waals surface area contributed by atoms with E-state index < -0.39 is 15.6 Å². The second kappa shape index (κ2) is 5.40. The molecular weight excluding hydrogens is 290 g/mol. The summed E-state index contributed by atoms with van der Waals surface area (Å²) in [5.74, 6) is -0.206. The zero-order chi connectivity index (χ0) is 15.8. The third kappa shape index (κ3) is 2.56. The first-order valence-corrected chi connectivity index (χ1v) is 8.23. The largest absolute Gasteiger partial charge is 0.343 e. The third-order valence-corrected chi connectivity index (χ3v) is 6.07. The number of hydrogen-bond donors (Lipinski definition) is 1. The summed E-state index contributed by atoms with van der Waals surface area (Å²) in [5, 5.41) is 0. The number of likely N-dealkylation sites (N-methyl/N-ethyl adjacent to an activating group) is 1. The van der Waals surface area contributed by atoms with Crippen LogP contribution in [-0.4, -0.2) is 49.2 Å². The Labute approximate surface area is 125 Å². The van der Waals surface area contributed by atoms with Crippen LogP contribution in [0, 0.1) is 0 Å². The lowest BCUT2D eigenvalue weighted by Crippen LogP contribution is -2.63. The Morgan fingerprint density at radius 1 is 1.24 bits per heavy atom. The van der Waals surface area contributed by atoms with Gasteiger partial charge in [0.05, 0.1) is 4.90 Å². The number of hydrogen-bond acceptors (Lipinski definition) is 4. The van der Waals surface area contributed by atoms with Gasteiger partial charge < -0.3 is 10.6 Å². The van der Waals surface area contributed by atoms with Crippen LogP contribution < -0.4 is 5.73 Å². The average molecular weight is 311 g/mol. The predicted octanol–water partition coefficient (Wildman–Crippen LogP) is 0.387. The lowest BCUT2D eigenvalue weighted by Gasteiger charge is -2.43. The van der Waals surface area contributed by atoms with Crippen molar-refractivity contribution in [2.24, 2.45) is 5.73 Å². The Morgan fingerprint density at radius 2 is 1.86 bits per heavy atom. The molecule has 0 atom stereocenters. The molecule has 2 N–H and O–H groups in total. The number of nitrogens with two attached hydrogens (primary N) is 1. The highest BCUT2D eigenvalue weighted by Crippen LogP contribution is 2.30. The quantitative estimate of drug-likeness (QED) is 0.875. The molecule has 0 radical (unpaired) electrons. The number of carbonyl (C=O) groups excluding carboxylic acids is 1. The molecule has 0 aliphatic carbocycles. The molecule has 1 amide bonds.